The Morgan fingerprint density at radius 2 is 1.22 bits per heavy atom. The number of phenols is 2. The third kappa shape index (κ3) is 7.81. The lowest BCUT2D eigenvalue weighted by molar-refractivity contribution is 0.367. The molecular formula is C37H54N2O2. The second-order valence-electron chi connectivity index (χ2n) is 14.8. The average Bonchev–Trinajstić information content (AvgIpc) is 3.43. The highest BCUT2D eigenvalue weighted by Crippen LogP contribution is 2.51. The van der Waals surface area contributed by atoms with Crippen molar-refractivity contribution in [3.63, 3.8) is 0 Å². The van der Waals surface area contributed by atoms with Crippen LogP contribution in [0.2, 0.25) is 0 Å². The van der Waals surface area contributed by atoms with Gasteiger partial charge in [0.05, 0.1) is 11.6 Å². The van der Waals surface area contributed by atoms with Crippen molar-refractivity contribution >= 4 is 12.4 Å². The van der Waals surface area contributed by atoms with Crippen LogP contribution in [0.15, 0.2) is 34.3 Å². The molecule has 2 aliphatic carbocycles. The number of hydrogen-bond donors (Lipinski definition) is 2. The van der Waals surface area contributed by atoms with Gasteiger partial charge in [-0.2, -0.15) is 0 Å². The first-order chi connectivity index (χ1) is 19.3. The minimum atomic E-state index is -0.230. The van der Waals surface area contributed by atoms with Gasteiger partial charge in [-0.15, -0.1) is 0 Å². The Labute approximate surface area is 249 Å². The minimum absolute atomic E-state index is 0.0929. The summed E-state index contributed by atoms with van der Waals surface area (Å²) in [4.78, 5) is 10.4. The Bertz CT molecular complexity index is 1260. The van der Waals surface area contributed by atoms with Crippen LogP contribution in [0, 0.1) is 29.6 Å². The van der Waals surface area contributed by atoms with Crippen molar-refractivity contribution in [1.82, 2.24) is 0 Å². The van der Waals surface area contributed by atoms with Gasteiger partial charge in [0.1, 0.15) is 11.5 Å². The molecule has 4 rings (SSSR count). The fraction of sp³-hybridized carbons (Fsp3) is 0.622. The van der Waals surface area contributed by atoms with Gasteiger partial charge in [-0.05, 0) is 115 Å². The third-order valence-corrected chi connectivity index (χ3v) is 8.76. The van der Waals surface area contributed by atoms with Crippen LogP contribution in [0.1, 0.15) is 114 Å². The zero-order chi connectivity index (χ0) is 29.9. The maximum Gasteiger partial charge on any atom is 0.127 e. The van der Waals surface area contributed by atoms with E-state index in [0.717, 1.165) is 67.2 Å². The van der Waals surface area contributed by atoms with Gasteiger partial charge in [0.15, 0.2) is 0 Å². The van der Waals surface area contributed by atoms with Crippen LogP contribution in [0.25, 0.3) is 0 Å². The lowest BCUT2D eigenvalue weighted by Crippen LogP contribution is -2.34. The van der Waals surface area contributed by atoms with E-state index in [0.29, 0.717) is 41.1 Å². The quantitative estimate of drug-likeness (QED) is 0.256. The summed E-state index contributed by atoms with van der Waals surface area (Å²) in [5.41, 5.74) is 6.02. The molecule has 2 aromatic rings. The highest BCUT2D eigenvalue weighted by Gasteiger charge is 2.52. The van der Waals surface area contributed by atoms with E-state index in [-0.39, 0.29) is 11.6 Å². The van der Waals surface area contributed by atoms with Crippen molar-refractivity contribution in [2.75, 3.05) is 0 Å². The second kappa shape index (κ2) is 13.1. The predicted octanol–water partition coefficient (Wildman–Crippen LogP) is 8.74. The summed E-state index contributed by atoms with van der Waals surface area (Å²) < 4.78 is 0. The molecular weight excluding hydrogens is 504 g/mol. The highest BCUT2D eigenvalue weighted by molar-refractivity contribution is 5.86. The predicted molar refractivity (Wildman–Crippen MR) is 174 cm³/mol. The largest absolute Gasteiger partial charge is 0.507 e. The molecule has 0 heterocycles. The Balaban J connectivity index is 1.65. The summed E-state index contributed by atoms with van der Waals surface area (Å²) >= 11 is 0. The molecule has 3 unspecified atom stereocenters. The Morgan fingerprint density at radius 3 is 1.68 bits per heavy atom. The molecule has 41 heavy (non-hydrogen) atoms. The fourth-order valence-electron chi connectivity index (χ4n) is 7.11. The molecule has 4 nitrogen and oxygen atoms in total. The number of benzene rings is 2. The van der Waals surface area contributed by atoms with Crippen molar-refractivity contribution in [3.05, 3.63) is 57.6 Å². The number of fused-ring (bicyclic) bond motifs is 2. The molecule has 4 heteroatoms. The lowest BCUT2D eigenvalue weighted by Gasteiger charge is -2.29. The van der Waals surface area contributed by atoms with E-state index in [9.17, 15) is 10.2 Å². The van der Waals surface area contributed by atoms with E-state index in [1.165, 1.54) is 17.5 Å². The summed E-state index contributed by atoms with van der Waals surface area (Å²) in [7, 11) is 0. The average molecular weight is 559 g/mol. The van der Waals surface area contributed by atoms with Crippen molar-refractivity contribution < 1.29 is 10.2 Å². The van der Waals surface area contributed by atoms with E-state index < -0.39 is 0 Å². The molecule has 2 aliphatic rings. The first kappa shape index (κ1) is 31.3. The van der Waals surface area contributed by atoms with E-state index in [1.54, 1.807) is 0 Å². The first-order valence-electron chi connectivity index (χ1n) is 16.1. The van der Waals surface area contributed by atoms with Gasteiger partial charge in [-0.3, -0.25) is 9.98 Å². The van der Waals surface area contributed by atoms with Crippen LogP contribution in [0.4, 0.5) is 0 Å². The molecule has 0 aliphatic heterocycles. The number of phenolic OH excluding ortho intramolecular Hbond substituents is 2. The number of aliphatic imine (C=N–C) groups is 2. The summed E-state index contributed by atoms with van der Waals surface area (Å²) in [6, 6.07) is 8.72. The van der Waals surface area contributed by atoms with Crippen molar-refractivity contribution in [2.45, 2.75) is 118 Å². The number of hydrogen-bond acceptors (Lipinski definition) is 4. The van der Waals surface area contributed by atoms with Crippen LogP contribution >= 0.6 is 0 Å². The van der Waals surface area contributed by atoms with E-state index in [2.05, 4.69) is 79.7 Å². The summed E-state index contributed by atoms with van der Waals surface area (Å²) in [6.45, 7) is 17.7. The van der Waals surface area contributed by atoms with Crippen LogP contribution < -0.4 is 0 Å². The molecule has 0 amide bonds. The molecule has 2 aromatic carbocycles. The number of aromatic hydroxyl groups is 2. The standard InChI is InChI=1S/C37H54N2O2/c1-23(2)11-28-15-30(13-25(5)6)35(40)32(17-28)21-38-34-19-27-9-10-37(34,20-27)39-22-33-18-29(12-24(3)4)16-31(36(33)41)14-26(7)8/h15-18,21-27,34,40-41H,9-14,19-20H2,1-8H3. The van der Waals surface area contributed by atoms with Crippen LogP contribution in [-0.4, -0.2) is 34.2 Å². The molecule has 0 spiro atoms. The van der Waals surface area contributed by atoms with Gasteiger partial charge in [-0.1, -0.05) is 67.5 Å². The van der Waals surface area contributed by atoms with Gasteiger partial charge in [0.25, 0.3) is 0 Å². The van der Waals surface area contributed by atoms with Crippen molar-refractivity contribution in [2.24, 2.45) is 39.6 Å². The molecule has 2 fully saturated rings. The normalized spacial score (nSPS) is 22.6. The van der Waals surface area contributed by atoms with Crippen LogP contribution in [-0.2, 0) is 25.7 Å². The molecule has 0 saturated heterocycles. The number of rotatable bonds is 12. The summed E-state index contributed by atoms with van der Waals surface area (Å²) in [6.07, 6.45) is 11.9. The van der Waals surface area contributed by atoms with Gasteiger partial charge in [0, 0.05) is 23.6 Å². The van der Waals surface area contributed by atoms with E-state index >= 15 is 0 Å². The Hall–Kier alpha value is -2.62. The molecule has 2 N–H and O–H groups in total. The molecule has 3 atom stereocenters. The Morgan fingerprint density at radius 1 is 0.732 bits per heavy atom. The second-order valence-corrected chi connectivity index (χ2v) is 14.8. The maximum absolute atomic E-state index is 11.2. The smallest absolute Gasteiger partial charge is 0.127 e. The Kier molecular flexibility index (Phi) is 10.0. The molecule has 2 saturated carbocycles. The van der Waals surface area contributed by atoms with Crippen LogP contribution in [0.5, 0.6) is 11.5 Å². The van der Waals surface area contributed by atoms with E-state index in [4.69, 9.17) is 9.98 Å². The van der Waals surface area contributed by atoms with Gasteiger partial charge in [-0.25, -0.2) is 0 Å². The van der Waals surface area contributed by atoms with E-state index in [1.807, 2.05) is 12.4 Å². The zero-order valence-corrected chi connectivity index (χ0v) is 26.9. The minimum Gasteiger partial charge on any atom is -0.507 e. The molecule has 0 radical (unpaired) electrons. The number of nitrogens with zero attached hydrogens (tertiary/aromatic N) is 2. The molecule has 224 valence electrons. The summed E-state index contributed by atoms with van der Waals surface area (Å²) in [5.74, 6) is 3.44. The maximum atomic E-state index is 11.2. The lowest BCUT2D eigenvalue weighted by atomic mass is 9.89. The van der Waals surface area contributed by atoms with Gasteiger partial charge in [0.2, 0.25) is 0 Å². The van der Waals surface area contributed by atoms with Gasteiger partial charge < -0.3 is 10.2 Å². The SMILES string of the molecule is CC(C)Cc1cc(C=NC2CC3CCC2(N=Cc2cc(CC(C)C)cc(CC(C)C)c2O)C3)c(O)c(CC(C)C)c1. The fourth-order valence-corrected chi connectivity index (χ4v) is 7.11. The van der Waals surface area contributed by atoms with Crippen molar-refractivity contribution in [1.29, 1.82) is 0 Å². The highest BCUT2D eigenvalue weighted by atomic mass is 16.3. The van der Waals surface area contributed by atoms with Crippen molar-refractivity contribution in [3.8, 4) is 11.5 Å². The zero-order valence-electron chi connectivity index (χ0n) is 26.9. The van der Waals surface area contributed by atoms with Gasteiger partial charge >= 0.3 is 0 Å². The van der Waals surface area contributed by atoms with Crippen LogP contribution in [0.3, 0.4) is 0 Å². The molecule has 2 bridgehead atoms. The summed E-state index contributed by atoms with van der Waals surface area (Å²) in [5, 5.41) is 22.4. The monoisotopic (exact) mass is 558 g/mol. The first-order valence-corrected chi connectivity index (χ1v) is 16.1. The topological polar surface area (TPSA) is 65.2 Å². The molecule has 0 aromatic heterocycles. The third-order valence-electron chi connectivity index (χ3n) is 8.76.